The number of hydrogen-bond donors (Lipinski definition) is 0. The minimum absolute atomic E-state index is 0.126. The highest BCUT2D eigenvalue weighted by Gasteiger charge is 2.31. The van der Waals surface area contributed by atoms with Crippen LogP contribution in [0.2, 0.25) is 0 Å². The van der Waals surface area contributed by atoms with Gasteiger partial charge in [0.2, 0.25) is 5.95 Å². The van der Waals surface area contributed by atoms with Crippen LogP contribution in [0.4, 0.5) is 16.0 Å². The van der Waals surface area contributed by atoms with E-state index in [2.05, 4.69) is 14.9 Å². The van der Waals surface area contributed by atoms with E-state index in [9.17, 15) is 9.18 Å². The molecule has 0 aliphatic carbocycles. The SMILES string of the molecule is O=C1c2cnc(N3CCCCCC3)nc2CN1c1ccc(F)cc1. The molecule has 0 unspecified atom stereocenters. The largest absolute Gasteiger partial charge is 0.341 e. The van der Waals surface area contributed by atoms with E-state index in [1.54, 1.807) is 23.2 Å². The minimum atomic E-state index is -0.314. The van der Waals surface area contributed by atoms with Gasteiger partial charge >= 0.3 is 0 Å². The van der Waals surface area contributed by atoms with Crippen LogP contribution in [0.15, 0.2) is 30.5 Å². The van der Waals surface area contributed by atoms with Crippen molar-refractivity contribution < 1.29 is 9.18 Å². The van der Waals surface area contributed by atoms with Crippen LogP contribution >= 0.6 is 0 Å². The van der Waals surface area contributed by atoms with E-state index in [0.717, 1.165) is 31.6 Å². The molecular formula is C18H19FN4O. The van der Waals surface area contributed by atoms with Crippen molar-refractivity contribution in [3.05, 3.63) is 47.5 Å². The van der Waals surface area contributed by atoms with E-state index in [-0.39, 0.29) is 11.7 Å². The van der Waals surface area contributed by atoms with E-state index >= 15 is 0 Å². The first kappa shape index (κ1) is 15.1. The van der Waals surface area contributed by atoms with Gasteiger partial charge in [0.1, 0.15) is 5.82 Å². The summed E-state index contributed by atoms with van der Waals surface area (Å²) >= 11 is 0. The zero-order valence-corrected chi connectivity index (χ0v) is 13.4. The molecule has 1 aromatic carbocycles. The average molecular weight is 326 g/mol. The lowest BCUT2D eigenvalue weighted by Gasteiger charge is -2.20. The number of fused-ring (bicyclic) bond motifs is 1. The van der Waals surface area contributed by atoms with Gasteiger partial charge in [-0.15, -0.1) is 0 Å². The van der Waals surface area contributed by atoms with Crippen molar-refractivity contribution in [3.8, 4) is 0 Å². The summed E-state index contributed by atoms with van der Waals surface area (Å²) in [5, 5.41) is 0. The number of amides is 1. The Bertz CT molecular complexity index is 754. The van der Waals surface area contributed by atoms with Crippen LogP contribution in [0, 0.1) is 5.82 Å². The first-order valence-corrected chi connectivity index (χ1v) is 8.41. The molecule has 2 aliphatic rings. The van der Waals surface area contributed by atoms with Gasteiger partial charge in [-0.2, -0.15) is 0 Å². The van der Waals surface area contributed by atoms with Crippen LogP contribution < -0.4 is 9.80 Å². The third-order valence-electron chi connectivity index (χ3n) is 4.67. The van der Waals surface area contributed by atoms with E-state index in [1.807, 2.05) is 0 Å². The fourth-order valence-electron chi connectivity index (χ4n) is 3.33. The van der Waals surface area contributed by atoms with Gasteiger partial charge in [-0.3, -0.25) is 4.79 Å². The maximum atomic E-state index is 13.1. The predicted molar refractivity (Wildman–Crippen MR) is 89.6 cm³/mol. The highest BCUT2D eigenvalue weighted by atomic mass is 19.1. The number of aromatic nitrogens is 2. The van der Waals surface area contributed by atoms with Gasteiger partial charge in [0.05, 0.1) is 17.8 Å². The molecule has 5 nitrogen and oxygen atoms in total. The summed E-state index contributed by atoms with van der Waals surface area (Å²) in [7, 11) is 0. The smallest absolute Gasteiger partial charge is 0.262 e. The second-order valence-corrected chi connectivity index (χ2v) is 6.30. The summed E-state index contributed by atoms with van der Waals surface area (Å²) in [6.07, 6.45) is 6.44. The van der Waals surface area contributed by atoms with Crippen molar-refractivity contribution in [2.45, 2.75) is 32.2 Å². The summed E-state index contributed by atoms with van der Waals surface area (Å²) in [5.41, 5.74) is 1.96. The van der Waals surface area contributed by atoms with Crippen LogP contribution in [0.3, 0.4) is 0 Å². The third-order valence-corrected chi connectivity index (χ3v) is 4.67. The Morgan fingerprint density at radius 2 is 1.71 bits per heavy atom. The van der Waals surface area contributed by atoms with Crippen molar-refractivity contribution in [1.82, 2.24) is 9.97 Å². The van der Waals surface area contributed by atoms with Gasteiger partial charge < -0.3 is 9.80 Å². The van der Waals surface area contributed by atoms with Crippen molar-refractivity contribution in [1.29, 1.82) is 0 Å². The Morgan fingerprint density at radius 3 is 2.42 bits per heavy atom. The molecule has 0 saturated carbocycles. The van der Waals surface area contributed by atoms with Crippen LogP contribution in [0.25, 0.3) is 0 Å². The van der Waals surface area contributed by atoms with Crippen LogP contribution in [0.5, 0.6) is 0 Å². The maximum Gasteiger partial charge on any atom is 0.262 e. The number of hydrogen-bond acceptors (Lipinski definition) is 4. The highest BCUT2D eigenvalue weighted by Crippen LogP contribution is 2.28. The van der Waals surface area contributed by atoms with Gasteiger partial charge in [-0.05, 0) is 37.1 Å². The Balaban J connectivity index is 1.60. The Hall–Kier alpha value is -2.50. The molecule has 0 atom stereocenters. The number of rotatable bonds is 2. The van der Waals surface area contributed by atoms with Gasteiger partial charge in [0, 0.05) is 25.0 Å². The number of benzene rings is 1. The zero-order valence-electron chi connectivity index (χ0n) is 13.4. The number of halogens is 1. The van der Waals surface area contributed by atoms with Crippen molar-refractivity contribution >= 4 is 17.5 Å². The molecule has 1 aromatic heterocycles. The van der Waals surface area contributed by atoms with Crippen molar-refractivity contribution in [2.24, 2.45) is 0 Å². The van der Waals surface area contributed by atoms with Gasteiger partial charge in [-0.1, -0.05) is 12.8 Å². The molecule has 24 heavy (non-hydrogen) atoms. The monoisotopic (exact) mass is 326 g/mol. The average Bonchev–Trinajstić information content (AvgIpc) is 2.79. The highest BCUT2D eigenvalue weighted by molar-refractivity contribution is 6.09. The lowest BCUT2D eigenvalue weighted by Crippen LogP contribution is -2.26. The molecule has 6 heteroatoms. The van der Waals surface area contributed by atoms with Crippen LogP contribution in [-0.4, -0.2) is 29.0 Å². The predicted octanol–water partition coefficient (Wildman–Crippen LogP) is 3.16. The number of anilines is 2. The van der Waals surface area contributed by atoms with Gasteiger partial charge in [0.15, 0.2) is 0 Å². The normalized spacial score (nSPS) is 17.8. The number of nitrogens with zero attached hydrogens (tertiary/aromatic N) is 4. The summed E-state index contributed by atoms with van der Waals surface area (Å²) in [4.78, 5) is 25.4. The standard InChI is InChI=1S/C18H19FN4O/c19-13-5-7-14(8-6-13)23-12-16-15(17(23)24)11-20-18(21-16)22-9-3-1-2-4-10-22/h5-8,11H,1-4,9-10,12H2. The quantitative estimate of drug-likeness (QED) is 0.850. The molecule has 124 valence electrons. The minimum Gasteiger partial charge on any atom is -0.341 e. The fourth-order valence-corrected chi connectivity index (χ4v) is 3.33. The molecule has 0 radical (unpaired) electrons. The molecule has 1 saturated heterocycles. The molecule has 0 bridgehead atoms. The third kappa shape index (κ3) is 2.72. The van der Waals surface area contributed by atoms with E-state index < -0.39 is 0 Å². The first-order chi connectivity index (χ1) is 11.7. The Labute approximate surface area is 140 Å². The Morgan fingerprint density at radius 1 is 1.00 bits per heavy atom. The molecule has 1 amide bonds. The molecule has 4 rings (SSSR count). The molecule has 3 heterocycles. The first-order valence-electron chi connectivity index (χ1n) is 8.41. The second-order valence-electron chi connectivity index (χ2n) is 6.30. The zero-order chi connectivity index (χ0) is 16.5. The summed E-state index contributed by atoms with van der Waals surface area (Å²) < 4.78 is 13.1. The van der Waals surface area contributed by atoms with Crippen LogP contribution in [-0.2, 0) is 6.54 Å². The molecule has 1 fully saturated rings. The molecular weight excluding hydrogens is 307 g/mol. The van der Waals surface area contributed by atoms with E-state index in [0.29, 0.717) is 23.7 Å². The summed E-state index contributed by atoms with van der Waals surface area (Å²) in [5.74, 6) is 0.273. The van der Waals surface area contributed by atoms with Crippen LogP contribution in [0.1, 0.15) is 41.7 Å². The molecule has 2 aliphatic heterocycles. The molecule has 0 N–H and O–H groups in total. The van der Waals surface area contributed by atoms with Crippen molar-refractivity contribution in [2.75, 3.05) is 22.9 Å². The Kier molecular flexibility index (Phi) is 3.88. The molecule has 0 spiro atoms. The topological polar surface area (TPSA) is 49.3 Å². The number of carbonyl (C=O) groups is 1. The van der Waals surface area contributed by atoms with Gasteiger partial charge in [0.25, 0.3) is 5.91 Å². The molecule has 2 aromatic rings. The lowest BCUT2D eigenvalue weighted by molar-refractivity contribution is 0.0996. The van der Waals surface area contributed by atoms with Gasteiger partial charge in [-0.25, -0.2) is 14.4 Å². The fraction of sp³-hybridized carbons (Fsp3) is 0.389. The van der Waals surface area contributed by atoms with E-state index in [4.69, 9.17) is 0 Å². The van der Waals surface area contributed by atoms with Crippen molar-refractivity contribution in [3.63, 3.8) is 0 Å². The maximum absolute atomic E-state index is 13.1. The lowest BCUT2D eigenvalue weighted by atomic mass is 10.2. The summed E-state index contributed by atoms with van der Waals surface area (Å²) in [6, 6.07) is 5.95. The second kappa shape index (κ2) is 6.19. The number of carbonyl (C=O) groups excluding carboxylic acids is 1. The summed E-state index contributed by atoms with van der Waals surface area (Å²) in [6.45, 7) is 2.34. The van der Waals surface area contributed by atoms with E-state index in [1.165, 1.54) is 25.0 Å².